The summed E-state index contributed by atoms with van der Waals surface area (Å²) in [7, 11) is 2.07. The van der Waals surface area contributed by atoms with Gasteiger partial charge < -0.3 is 20.3 Å². The fraction of sp³-hybridized carbons (Fsp3) is 0.667. The SMILES string of the molecule is CN1CCc2nc(NC(=O)CCNC(=O)OC(C)(C)C)sc2C1. The summed E-state index contributed by atoms with van der Waals surface area (Å²) >= 11 is 1.52. The number of amides is 2. The van der Waals surface area contributed by atoms with Crippen molar-refractivity contribution in [1.29, 1.82) is 0 Å². The topological polar surface area (TPSA) is 83.6 Å². The number of nitrogens with zero attached hydrogens (tertiary/aromatic N) is 2. The molecule has 8 heteroatoms. The van der Waals surface area contributed by atoms with Crippen LogP contribution in [0.4, 0.5) is 9.93 Å². The molecule has 7 nitrogen and oxygen atoms in total. The number of thiazole rings is 1. The van der Waals surface area contributed by atoms with Crippen LogP contribution in [-0.2, 0) is 22.5 Å². The number of ether oxygens (including phenoxy) is 1. The van der Waals surface area contributed by atoms with Crippen molar-refractivity contribution in [2.75, 3.05) is 25.5 Å². The monoisotopic (exact) mass is 340 g/mol. The molecule has 0 bridgehead atoms. The Morgan fingerprint density at radius 2 is 2.13 bits per heavy atom. The Morgan fingerprint density at radius 3 is 2.83 bits per heavy atom. The Hall–Kier alpha value is -1.67. The Labute approximate surface area is 140 Å². The van der Waals surface area contributed by atoms with Crippen molar-refractivity contribution >= 4 is 28.5 Å². The summed E-state index contributed by atoms with van der Waals surface area (Å²) < 4.78 is 5.11. The molecular formula is C15H24N4O3S. The highest BCUT2D eigenvalue weighted by Gasteiger charge is 2.19. The largest absolute Gasteiger partial charge is 0.444 e. The van der Waals surface area contributed by atoms with E-state index >= 15 is 0 Å². The van der Waals surface area contributed by atoms with Crippen LogP contribution in [0.2, 0.25) is 0 Å². The summed E-state index contributed by atoms with van der Waals surface area (Å²) in [6, 6.07) is 0. The average molecular weight is 340 g/mol. The van der Waals surface area contributed by atoms with Crippen LogP contribution in [0.25, 0.3) is 0 Å². The smallest absolute Gasteiger partial charge is 0.407 e. The van der Waals surface area contributed by atoms with Crippen molar-refractivity contribution in [2.45, 2.75) is 45.8 Å². The van der Waals surface area contributed by atoms with E-state index in [4.69, 9.17) is 4.74 Å². The first-order valence-electron chi connectivity index (χ1n) is 7.67. The lowest BCUT2D eigenvalue weighted by Crippen LogP contribution is -2.34. The third-order valence-corrected chi connectivity index (χ3v) is 4.19. The van der Waals surface area contributed by atoms with Crippen LogP contribution in [0.1, 0.15) is 37.8 Å². The Bertz CT molecular complexity index is 580. The molecule has 0 unspecified atom stereocenters. The van der Waals surface area contributed by atoms with Gasteiger partial charge in [-0.25, -0.2) is 9.78 Å². The molecule has 0 saturated carbocycles. The van der Waals surface area contributed by atoms with E-state index in [1.165, 1.54) is 16.2 Å². The molecule has 23 heavy (non-hydrogen) atoms. The van der Waals surface area contributed by atoms with Crippen molar-refractivity contribution in [3.63, 3.8) is 0 Å². The van der Waals surface area contributed by atoms with E-state index in [0.29, 0.717) is 5.13 Å². The molecule has 1 aliphatic rings. The maximum absolute atomic E-state index is 11.9. The van der Waals surface area contributed by atoms with Gasteiger partial charge in [0.05, 0.1) is 5.69 Å². The highest BCUT2D eigenvalue weighted by Crippen LogP contribution is 2.27. The zero-order valence-electron chi connectivity index (χ0n) is 14.1. The number of hydrogen-bond donors (Lipinski definition) is 2. The minimum absolute atomic E-state index is 0.166. The maximum atomic E-state index is 11.9. The molecule has 0 spiro atoms. The van der Waals surface area contributed by atoms with Crippen LogP contribution in [-0.4, -0.2) is 47.6 Å². The molecule has 0 saturated heterocycles. The van der Waals surface area contributed by atoms with Crippen molar-refractivity contribution in [3.8, 4) is 0 Å². The van der Waals surface area contributed by atoms with Gasteiger partial charge in [-0.2, -0.15) is 0 Å². The van der Waals surface area contributed by atoms with E-state index in [1.807, 2.05) is 0 Å². The van der Waals surface area contributed by atoms with Gasteiger partial charge in [0, 0.05) is 37.4 Å². The number of rotatable bonds is 4. The molecule has 0 fully saturated rings. The quantitative estimate of drug-likeness (QED) is 0.876. The Morgan fingerprint density at radius 1 is 1.39 bits per heavy atom. The lowest BCUT2D eigenvalue weighted by Gasteiger charge is -2.20. The number of hydrogen-bond acceptors (Lipinski definition) is 6. The fourth-order valence-corrected chi connectivity index (χ4v) is 3.26. The summed E-state index contributed by atoms with van der Waals surface area (Å²) in [5.41, 5.74) is 0.537. The molecule has 0 aliphatic carbocycles. The van der Waals surface area contributed by atoms with E-state index in [-0.39, 0.29) is 18.9 Å². The van der Waals surface area contributed by atoms with Crippen molar-refractivity contribution in [3.05, 3.63) is 10.6 Å². The second-order valence-corrected chi connectivity index (χ2v) is 7.69. The van der Waals surface area contributed by atoms with E-state index in [1.54, 1.807) is 20.8 Å². The molecule has 2 heterocycles. The van der Waals surface area contributed by atoms with Crippen LogP contribution in [0.5, 0.6) is 0 Å². The predicted octanol–water partition coefficient (Wildman–Crippen LogP) is 1.98. The van der Waals surface area contributed by atoms with Gasteiger partial charge in [0.15, 0.2) is 5.13 Å². The molecule has 2 rings (SSSR count). The number of nitrogens with one attached hydrogen (secondary N) is 2. The summed E-state index contributed by atoms with van der Waals surface area (Å²) in [5, 5.41) is 5.99. The molecule has 1 aromatic rings. The van der Waals surface area contributed by atoms with E-state index < -0.39 is 11.7 Å². The molecule has 0 radical (unpaired) electrons. The van der Waals surface area contributed by atoms with Crippen LogP contribution in [0.15, 0.2) is 0 Å². The average Bonchev–Trinajstić information content (AvgIpc) is 2.77. The van der Waals surface area contributed by atoms with Gasteiger partial charge >= 0.3 is 6.09 Å². The third-order valence-electron chi connectivity index (χ3n) is 3.19. The van der Waals surface area contributed by atoms with E-state index in [9.17, 15) is 9.59 Å². The summed E-state index contributed by atoms with van der Waals surface area (Å²) in [5.74, 6) is -0.166. The molecule has 128 valence electrons. The number of anilines is 1. The Kier molecular flexibility index (Phi) is 5.59. The summed E-state index contributed by atoms with van der Waals surface area (Å²) in [6.45, 7) is 7.48. The summed E-state index contributed by atoms with van der Waals surface area (Å²) in [4.78, 5) is 31.3. The number of fused-ring (bicyclic) bond motifs is 1. The second-order valence-electron chi connectivity index (χ2n) is 6.60. The fourth-order valence-electron chi connectivity index (χ4n) is 2.15. The number of aromatic nitrogens is 1. The predicted molar refractivity (Wildman–Crippen MR) is 89.6 cm³/mol. The highest BCUT2D eigenvalue weighted by atomic mass is 32.1. The number of likely N-dealkylation sites (N-methyl/N-ethyl adjacent to an activating group) is 1. The third kappa shape index (κ3) is 5.80. The standard InChI is InChI=1S/C15H24N4O3S/c1-15(2,3)22-14(21)16-7-5-12(20)18-13-17-10-6-8-19(4)9-11(10)23-13/h5-9H2,1-4H3,(H,16,21)(H,17,18,20). The second kappa shape index (κ2) is 7.27. The van der Waals surface area contributed by atoms with E-state index in [0.717, 1.165) is 25.2 Å². The van der Waals surface area contributed by atoms with Crippen LogP contribution < -0.4 is 10.6 Å². The van der Waals surface area contributed by atoms with Gasteiger partial charge in [-0.3, -0.25) is 4.79 Å². The van der Waals surface area contributed by atoms with Gasteiger partial charge in [0.2, 0.25) is 5.91 Å². The highest BCUT2D eigenvalue weighted by molar-refractivity contribution is 7.15. The minimum Gasteiger partial charge on any atom is -0.444 e. The van der Waals surface area contributed by atoms with Crippen LogP contribution in [0, 0.1) is 0 Å². The molecule has 1 aromatic heterocycles. The van der Waals surface area contributed by atoms with Gasteiger partial charge in [0.1, 0.15) is 5.60 Å². The number of carbonyl (C=O) groups excluding carboxylic acids is 2. The van der Waals surface area contributed by atoms with Crippen LogP contribution in [0.3, 0.4) is 0 Å². The van der Waals surface area contributed by atoms with Gasteiger partial charge in [0.25, 0.3) is 0 Å². The number of alkyl carbamates (subject to hydrolysis) is 1. The van der Waals surface area contributed by atoms with Crippen molar-refractivity contribution in [1.82, 2.24) is 15.2 Å². The molecule has 1 aliphatic heterocycles. The lowest BCUT2D eigenvalue weighted by molar-refractivity contribution is -0.116. The van der Waals surface area contributed by atoms with Gasteiger partial charge in [-0.15, -0.1) is 11.3 Å². The normalized spacial score (nSPS) is 15.0. The lowest BCUT2D eigenvalue weighted by atomic mass is 10.2. The molecule has 2 amide bonds. The van der Waals surface area contributed by atoms with Crippen LogP contribution >= 0.6 is 11.3 Å². The Balaban J connectivity index is 1.74. The van der Waals surface area contributed by atoms with Gasteiger partial charge in [-0.05, 0) is 27.8 Å². The zero-order valence-corrected chi connectivity index (χ0v) is 14.9. The van der Waals surface area contributed by atoms with E-state index in [2.05, 4.69) is 27.6 Å². The molecular weight excluding hydrogens is 316 g/mol. The molecule has 0 atom stereocenters. The maximum Gasteiger partial charge on any atom is 0.407 e. The molecule has 2 N–H and O–H groups in total. The molecule has 0 aromatic carbocycles. The van der Waals surface area contributed by atoms with Crippen molar-refractivity contribution < 1.29 is 14.3 Å². The van der Waals surface area contributed by atoms with Crippen molar-refractivity contribution in [2.24, 2.45) is 0 Å². The first kappa shape index (κ1) is 17.7. The first-order valence-corrected chi connectivity index (χ1v) is 8.48. The summed E-state index contributed by atoms with van der Waals surface area (Å²) in [6.07, 6.45) is 0.583. The first-order chi connectivity index (χ1) is 10.7. The minimum atomic E-state index is -0.542. The number of carbonyl (C=O) groups is 2. The zero-order chi connectivity index (χ0) is 17.0. The van der Waals surface area contributed by atoms with Gasteiger partial charge in [-0.1, -0.05) is 0 Å².